The van der Waals surface area contributed by atoms with Gasteiger partial charge in [-0.3, -0.25) is 4.57 Å². The minimum absolute atomic E-state index is 0.0438. The standard InChI is InChI=1S/C17H26NO6P/c1-3-12-25(21,22)13-9-14(2)18-17(20)24-11-10-23-16(19)15-7-5-4-6-8-15/h4-8,14H,3,9-13H2,1-2H3,(H,18,20)(H,21,22). The van der Waals surface area contributed by atoms with Crippen molar-refractivity contribution in [3.05, 3.63) is 35.9 Å². The Kier molecular flexibility index (Phi) is 9.24. The van der Waals surface area contributed by atoms with Crippen molar-refractivity contribution in [1.82, 2.24) is 5.32 Å². The molecule has 2 atom stereocenters. The molecule has 2 N–H and O–H groups in total. The molecular formula is C17H26NO6P. The van der Waals surface area contributed by atoms with Crippen LogP contribution < -0.4 is 5.32 Å². The maximum Gasteiger partial charge on any atom is 0.407 e. The largest absolute Gasteiger partial charge is 0.458 e. The first-order chi connectivity index (χ1) is 11.8. The molecular weight excluding hydrogens is 345 g/mol. The molecule has 2 unspecified atom stereocenters. The molecule has 0 aliphatic carbocycles. The second-order valence-electron chi connectivity index (χ2n) is 5.77. The molecule has 0 aliphatic rings. The molecule has 0 aromatic heterocycles. The number of ether oxygens (including phenoxy) is 2. The number of carbonyl (C=O) groups is 2. The molecule has 0 saturated carbocycles. The van der Waals surface area contributed by atoms with Crippen LogP contribution in [-0.4, -0.2) is 48.5 Å². The van der Waals surface area contributed by atoms with Gasteiger partial charge in [-0.25, -0.2) is 9.59 Å². The van der Waals surface area contributed by atoms with Crippen LogP contribution in [0.15, 0.2) is 30.3 Å². The summed E-state index contributed by atoms with van der Waals surface area (Å²) in [6.07, 6.45) is 0.852. The van der Waals surface area contributed by atoms with Crippen LogP contribution in [0.2, 0.25) is 0 Å². The Bertz CT molecular complexity index is 592. The lowest BCUT2D eigenvalue weighted by Crippen LogP contribution is -2.34. The van der Waals surface area contributed by atoms with Gasteiger partial charge in [-0.2, -0.15) is 0 Å². The summed E-state index contributed by atoms with van der Waals surface area (Å²) in [5.74, 6) is -0.479. The van der Waals surface area contributed by atoms with Crippen LogP contribution in [0.4, 0.5) is 4.79 Å². The summed E-state index contributed by atoms with van der Waals surface area (Å²) < 4.78 is 21.7. The maximum absolute atomic E-state index is 11.8. The van der Waals surface area contributed by atoms with Crippen molar-refractivity contribution in [2.24, 2.45) is 0 Å². The second kappa shape index (κ2) is 10.9. The van der Waals surface area contributed by atoms with Gasteiger partial charge in [0.1, 0.15) is 13.2 Å². The fourth-order valence-corrected chi connectivity index (χ4v) is 3.81. The minimum Gasteiger partial charge on any atom is -0.458 e. The lowest BCUT2D eigenvalue weighted by Gasteiger charge is -2.16. The topological polar surface area (TPSA) is 102 Å². The Morgan fingerprint density at radius 2 is 1.80 bits per heavy atom. The van der Waals surface area contributed by atoms with Crippen LogP contribution in [0.1, 0.15) is 37.0 Å². The van der Waals surface area contributed by atoms with Gasteiger partial charge in [0.15, 0.2) is 0 Å². The second-order valence-corrected chi connectivity index (χ2v) is 8.35. The fourth-order valence-electron chi connectivity index (χ4n) is 2.10. The molecule has 25 heavy (non-hydrogen) atoms. The average molecular weight is 371 g/mol. The average Bonchev–Trinajstić information content (AvgIpc) is 2.57. The highest BCUT2D eigenvalue weighted by molar-refractivity contribution is 7.57. The van der Waals surface area contributed by atoms with Crippen LogP contribution >= 0.6 is 7.37 Å². The quantitative estimate of drug-likeness (QED) is 0.372. The Labute approximate surface area is 148 Å². The lowest BCUT2D eigenvalue weighted by atomic mass is 10.2. The molecule has 0 spiro atoms. The summed E-state index contributed by atoms with van der Waals surface area (Å²) in [4.78, 5) is 33.0. The number of hydrogen-bond donors (Lipinski definition) is 2. The van der Waals surface area contributed by atoms with Crippen molar-refractivity contribution in [1.29, 1.82) is 0 Å². The van der Waals surface area contributed by atoms with Gasteiger partial charge in [0.2, 0.25) is 7.37 Å². The Balaban J connectivity index is 2.18. The van der Waals surface area contributed by atoms with Gasteiger partial charge < -0.3 is 19.7 Å². The summed E-state index contributed by atoms with van der Waals surface area (Å²) in [7, 11) is -3.11. The molecule has 1 aromatic rings. The summed E-state index contributed by atoms with van der Waals surface area (Å²) in [6, 6.07) is 8.24. The Hall–Kier alpha value is -1.85. The molecule has 7 nitrogen and oxygen atoms in total. The smallest absolute Gasteiger partial charge is 0.407 e. The number of hydrogen-bond acceptors (Lipinski definition) is 5. The first-order valence-electron chi connectivity index (χ1n) is 8.30. The zero-order valence-electron chi connectivity index (χ0n) is 14.6. The van der Waals surface area contributed by atoms with E-state index in [1.165, 1.54) is 0 Å². The highest BCUT2D eigenvalue weighted by Gasteiger charge is 2.19. The normalized spacial score (nSPS) is 14.2. The molecule has 0 fully saturated rings. The first-order valence-corrected chi connectivity index (χ1v) is 10.3. The minimum atomic E-state index is -3.11. The van der Waals surface area contributed by atoms with E-state index in [9.17, 15) is 19.0 Å². The van der Waals surface area contributed by atoms with Gasteiger partial charge in [-0.05, 0) is 31.9 Å². The Morgan fingerprint density at radius 1 is 1.16 bits per heavy atom. The van der Waals surface area contributed by atoms with E-state index < -0.39 is 19.4 Å². The number of esters is 1. The number of nitrogens with one attached hydrogen (secondary N) is 1. The number of rotatable bonds is 10. The maximum atomic E-state index is 11.8. The summed E-state index contributed by atoms with van der Waals surface area (Å²) in [5, 5.41) is 2.58. The Morgan fingerprint density at radius 3 is 2.44 bits per heavy atom. The van der Waals surface area contributed by atoms with Crippen LogP contribution in [0.5, 0.6) is 0 Å². The molecule has 8 heteroatoms. The molecule has 0 aliphatic heterocycles. The third-order valence-corrected chi connectivity index (χ3v) is 5.51. The van der Waals surface area contributed by atoms with Crippen molar-refractivity contribution in [2.75, 3.05) is 25.5 Å². The van der Waals surface area contributed by atoms with Gasteiger partial charge in [0.25, 0.3) is 0 Å². The van der Waals surface area contributed by atoms with Crippen molar-refractivity contribution >= 4 is 19.4 Å². The van der Waals surface area contributed by atoms with Crippen LogP contribution in [0.3, 0.4) is 0 Å². The fraction of sp³-hybridized carbons (Fsp3) is 0.529. The number of alkyl carbamates (subject to hydrolysis) is 1. The number of benzene rings is 1. The van der Waals surface area contributed by atoms with E-state index in [-0.39, 0.29) is 31.6 Å². The van der Waals surface area contributed by atoms with Crippen molar-refractivity contribution in [3.63, 3.8) is 0 Å². The van der Waals surface area contributed by atoms with E-state index in [1.807, 2.05) is 6.92 Å². The van der Waals surface area contributed by atoms with E-state index in [0.717, 1.165) is 0 Å². The molecule has 140 valence electrons. The molecule has 1 amide bonds. The highest BCUT2D eigenvalue weighted by atomic mass is 31.2. The van der Waals surface area contributed by atoms with Gasteiger partial charge in [-0.1, -0.05) is 25.1 Å². The van der Waals surface area contributed by atoms with E-state index in [1.54, 1.807) is 37.3 Å². The monoisotopic (exact) mass is 371 g/mol. The summed E-state index contributed by atoms with van der Waals surface area (Å²) >= 11 is 0. The van der Waals surface area contributed by atoms with E-state index in [0.29, 0.717) is 18.4 Å². The number of amides is 1. The van der Waals surface area contributed by atoms with E-state index in [4.69, 9.17) is 9.47 Å². The molecule has 1 rings (SSSR count). The van der Waals surface area contributed by atoms with Crippen molar-refractivity contribution in [2.45, 2.75) is 32.7 Å². The molecule has 0 saturated heterocycles. The third kappa shape index (κ3) is 9.27. The highest BCUT2D eigenvalue weighted by Crippen LogP contribution is 2.41. The SMILES string of the molecule is CCCP(=O)(O)CCC(C)NC(=O)OCCOC(=O)c1ccccc1. The molecule has 0 bridgehead atoms. The number of carbonyl (C=O) groups excluding carboxylic acids is 2. The predicted octanol–water partition coefficient (Wildman–Crippen LogP) is 3.03. The molecule has 0 heterocycles. The lowest BCUT2D eigenvalue weighted by molar-refractivity contribution is 0.0398. The van der Waals surface area contributed by atoms with Crippen molar-refractivity contribution in [3.8, 4) is 0 Å². The first kappa shape index (κ1) is 21.2. The van der Waals surface area contributed by atoms with Gasteiger partial charge in [0.05, 0.1) is 5.56 Å². The van der Waals surface area contributed by atoms with Gasteiger partial charge in [-0.15, -0.1) is 0 Å². The zero-order valence-corrected chi connectivity index (χ0v) is 15.5. The summed E-state index contributed by atoms with van der Waals surface area (Å²) in [5.41, 5.74) is 0.432. The van der Waals surface area contributed by atoms with Crippen LogP contribution in [0.25, 0.3) is 0 Å². The van der Waals surface area contributed by atoms with Crippen LogP contribution in [0, 0.1) is 0 Å². The van der Waals surface area contributed by atoms with Crippen molar-refractivity contribution < 1.29 is 28.5 Å². The van der Waals surface area contributed by atoms with E-state index in [2.05, 4.69) is 5.32 Å². The molecule has 1 aromatic carbocycles. The molecule has 0 radical (unpaired) electrons. The predicted molar refractivity (Wildman–Crippen MR) is 95.1 cm³/mol. The van der Waals surface area contributed by atoms with Gasteiger partial charge >= 0.3 is 12.1 Å². The van der Waals surface area contributed by atoms with E-state index >= 15 is 0 Å². The zero-order chi connectivity index (χ0) is 18.7. The van der Waals surface area contributed by atoms with Gasteiger partial charge in [0, 0.05) is 18.4 Å². The van der Waals surface area contributed by atoms with Crippen LogP contribution in [-0.2, 0) is 14.0 Å². The third-order valence-electron chi connectivity index (χ3n) is 3.41. The summed E-state index contributed by atoms with van der Waals surface area (Å²) in [6.45, 7) is 3.48.